The Kier molecular flexibility index (Phi) is 3.65. The number of halogens is 3. The second-order valence-corrected chi connectivity index (χ2v) is 6.27. The molecule has 24 heavy (non-hydrogen) atoms. The summed E-state index contributed by atoms with van der Waals surface area (Å²) < 4.78 is 29.5. The molecule has 0 bridgehead atoms. The van der Waals surface area contributed by atoms with Crippen LogP contribution in [-0.4, -0.2) is 14.8 Å². The summed E-state index contributed by atoms with van der Waals surface area (Å²) in [5, 5.41) is 7.35. The van der Waals surface area contributed by atoms with Crippen molar-refractivity contribution >= 4 is 27.6 Å². The Labute approximate surface area is 145 Å². The summed E-state index contributed by atoms with van der Waals surface area (Å²) in [7, 11) is 0. The molecule has 1 unspecified atom stereocenters. The number of hydrogen-bond donors (Lipinski definition) is 1. The summed E-state index contributed by atoms with van der Waals surface area (Å²) in [6, 6.07) is 11.5. The van der Waals surface area contributed by atoms with E-state index in [0.717, 1.165) is 16.1 Å². The van der Waals surface area contributed by atoms with Crippen molar-refractivity contribution in [1.29, 1.82) is 0 Å². The Bertz CT molecular complexity index is 934. The summed E-state index contributed by atoms with van der Waals surface area (Å²) in [5.74, 6) is -1.21. The van der Waals surface area contributed by atoms with Gasteiger partial charge in [-0.05, 0) is 42.0 Å². The Morgan fingerprint density at radius 1 is 1.04 bits per heavy atom. The fourth-order valence-corrected chi connectivity index (χ4v) is 2.93. The van der Waals surface area contributed by atoms with Crippen LogP contribution in [0.25, 0.3) is 5.70 Å². The van der Waals surface area contributed by atoms with Crippen LogP contribution in [0, 0.1) is 11.6 Å². The predicted octanol–water partition coefficient (Wildman–Crippen LogP) is 4.37. The summed E-state index contributed by atoms with van der Waals surface area (Å²) in [4.78, 5) is 4.19. The van der Waals surface area contributed by atoms with Crippen LogP contribution in [0.3, 0.4) is 0 Å². The molecule has 0 radical (unpaired) electrons. The molecule has 2 heterocycles. The molecule has 4 nitrogen and oxygen atoms in total. The molecule has 0 aliphatic carbocycles. The van der Waals surface area contributed by atoms with Crippen LogP contribution in [-0.2, 0) is 0 Å². The molecule has 1 aromatic heterocycles. The first-order valence-electron chi connectivity index (χ1n) is 7.21. The number of fused-ring (bicyclic) bond motifs is 1. The number of allylic oxidation sites excluding steroid dienone is 1. The van der Waals surface area contributed by atoms with Gasteiger partial charge in [-0.2, -0.15) is 10.1 Å². The number of nitrogens with one attached hydrogen (secondary N) is 1. The number of aromatic nitrogens is 3. The van der Waals surface area contributed by atoms with Gasteiger partial charge >= 0.3 is 0 Å². The van der Waals surface area contributed by atoms with Gasteiger partial charge in [0.2, 0.25) is 5.95 Å². The number of benzene rings is 2. The first kappa shape index (κ1) is 15.0. The van der Waals surface area contributed by atoms with Crippen molar-refractivity contribution in [3.8, 4) is 0 Å². The lowest BCUT2D eigenvalue weighted by atomic mass is 10.0. The SMILES string of the molecule is Fc1ccc(C2=CC(c3ccc(Br)cc3)n3ncnc3N2)cc1F. The first-order valence-corrected chi connectivity index (χ1v) is 8.00. The average Bonchev–Trinajstić information content (AvgIpc) is 3.06. The highest BCUT2D eigenvalue weighted by Crippen LogP contribution is 2.32. The van der Waals surface area contributed by atoms with Crippen molar-refractivity contribution in [3.63, 3.8) is 0 Å². The van der Waals surface area contributed by atoms with Gasteiger partial charge < -0.3 is 5.32 Å². The van der Waals surface area contributed by atoms with Crippen LogP contribution < -0.4 is 5.32 Å². The maximum absolute atomic E-state index is 13.6. The molecule has 0 saturated carbocycles. The molecule has 1 aliphatic rings. The molecule has 1 atom stereocenters. The molecule has 120 valence electrons. The zero-order chi connectivity index (χ0) is 16.7. The molecule has 0 saturated heterocycles. The van der Waals surface area contributed by atoms with Crippen LogP contribution >= 0.6 is 15.9 Å². The van der Waals surface area contributed by atoms with Gasteiger partial charge in [0.25, 0.3) is 0 Å². The highest BCUT2D eigenvalue weighted by molar-refractivity contribution is 9.10. The third kappa shape index (κ3) is 2.60. The Morgan fingerprint density at radius 2 is 1.83 bits per heavy atom. The van der Waals surface area contributed by atoms with Crippen molar-refractivity contribution in [3.05, 3.63) is 82.1 Å². The number of anilines is 1. The topological polar surface area (TPSA) is 42.7 Å². The summed E-state index contributed by atoms with van der Waals surface area (Å²) in [6.07, 6.45) is 3.37. The van der Waals surface area contributed by atoms with Gasteiger partial charge in [-0.25, -0.2) is 13.5 Å². The van der Waals surface area contributed by atoms with E-state index in [9.17, 15) is 8.78 Å². The zero-order valence-corrected chi connectivity index (χ0v) is 13.8. The maximum atomic E-state index is 13.6. The van der Waals surface area contributed by atoms with Crippen LogP contribution in [0.15, 0.2) is 59.3 Å². The van der Waals surface area contributed by atoms with E-state index in [-0.39, 0.29) is 6.04 Å². The molecular weight excluding hydrogens is 378 g/mol. The summed E-state index contributed by atoms with van der Waals surface area (Å²) in [5.41, 5.74) is 2.21. The van der Waals surface area contributed by atoms with E-state index in [1.54, 1.807) is 4.68 Å². The van der Waals surface area contributed by atoms with E-state index in [1.165, 1.54) is 18.5 Å². The van der Waals surface area contributed by atoms with Crippen molar-refractivity contribution < 1.29 is 8.78 Å². The third-order valence-corrected chi connectivity index (χ3v) is 4.38. The smallest absolute Gasteiger partial charge is 0.226 e. The van der Waals surface area contributed by atoms with Crippen LogP contribution in [0.4, 0.5) is 14.7 Å². The lowest BCUT2D eigenvalue weighted by Gasteiger charge is -2.24. The number of nitrogens with zero attached hydrogens (tertiary/aromatic N) is 3. The van der Waals surface area contributed by atoms with Gasteiger partial charge in [-0.15, -0.1) is 0 Å². The minimum Gasteiger partial charge on any atom is -0.324 e. The molecule has 4 rings (SSSR count). The molecule has 0 amide bonds. The van der Waals surface area contributed by atoms with Gasteiger partial charge in [0, 0.05) is 15.7 Å². The Morgan fingerprint density at radius 3 is 2.58 bits per heavy atom. The summed E-state index contributed by atoms with van der Waals surface area (Å²) in [6.45, 7) is 0. The normalized spacial score (nSPS) is 16.3. The number of rotatable bonds is 2. The third-order valence-electron chi connectivity index (χ3n) is 3.85. The number of hydrogen-bond acceptors (Lipinski definition) is 3. The highest BCUT2D eigenvalue weighted by Gasteiger charge is 2.23. The molecule has 1 N–H and O–H groups in total. The van der Waals surface area contributed by atoms with E-state index in [4.69, 9.17) is 0 Å². The monoisotopic (exact) mass is 388 g/mol. The maximum Gasteiger partial charge on any atom is 0.226 e. The van der Waals surface area contributed by atoms with Crippen molar-refractivity contribution in [2.24, 2.45) is 0 Å². The van der Waals surface area contributed by atoms with Crippen molar-refractivity contribution in [1.82, 2.24) is 14.8 Å². The van der Waals surface area contributed by atoms with E-state index >= 15 is 0 Å². The second-order valence-electron chi connectivity index (χ2n) is 5.36. The Hall–Kier alpha value is -2.54. The standard InChI is InChI=1S/C17H11BrF2N4/c18-12-4-1-10(2-5-12)16-8-15(23-17-21-9-22-24(16)17)11-3-6-13(19)14(20)7-11/h1-9,16H,(H,21,22,23). The van der Waals surface area contributed by atoms with Crippen LogP contribution in [0.1, 0.15) is 17.2 Å². The highest BCUT2D eigenvalue weighted by atomic mass is 79.9. The van der Waals surface area contributed by atoms with E-state index in [1.807, 2.05) is 30.3 Å². The van der Waals surface area contributed by atoms with E-state index in [0.29, 0.717) is 17.2 Å². The van der Waals surface area contributed by atoms with Crippen LogP contribution in [0.2, 0.25) is 0 Å². The van der Waals surface area contributed by atoms with Crippen LogP contribution in [0.5, 0.6) is 0 Å². The molecular formula is C17H11BrF2N4. The molecule has 7 heteroatoms. The van der Waals surface area contributed by atoms with Gasteiger partial charge in [0.15, 0.2) is 11.6 Å². The minimum absolute atomic E-state index is 0.194. The van der Waals surface area contributed by atoms with Gasteiger partial charge in [-0.1, -0.05) is 28.1 Å². The van der Waals surface area contributed by atoms with Gasteiger partial charge in [-0.3, -0.25) is 0 Å². The fourth-order valence-electron chi connectivity index (χ4n) is 2.66. The lowest BCUT2D eigenvalue weighted by molar-refractivity contribution is 0.508. The average molecular weight is 389 g/mol. The largest absolute Gasteiger partial charge is 0.324 e. The first-order chi connectivity index (χ1) is 11.6. The lowest BCUT2D eigenvalue weighted by Crippen LogP contribution is -2.20. The molecule has 0 fully saturated rings. The fraction of sp³-hybridized carbons (Fsp3) is 0.0588. The van der Waals surface area contributed by atoms with E-state index in [2.05, 4.69) is 31.3 Å². The minimum atomic E-state index is -0.887. The van der Waals surface area contributed by atoms with Crippen molar-refractivity contribution in [2.75, 3.05) is 5.32 Å². The quantitative estimate of drug-likeness (QED) is 0.708. The summed E-state index contributed by atoms with van der Waals surface area (Å²) >= 11 is 3.42. The molecule has 1 aliphatic heterocycles. The molecule has 2 aromatic carbocycles. The zero-order valence-electron chi connectivity index (χ0n) is 12.2. The van der Waals surface area contributed by atoms with Crippen molar-refractivity contribution in [2.45, 2.75) is 6.04 Å². The van der Waals surface area contributed by atoms with Gasteiger partial charge in [0.1, 0.15) is 12.4 Å². The Balaban J connectivity index is 1.81. The second kappa shape index (κ2) is 5.83. The predicted molar refractivity (Wildman–Crippen MR) is 90.3 cm³/mol. The molecule has 0 spiro atoms. The van der Waals surface area contributed by atoms with E-state index < -0.39 is 11.6 Å². The van der Waals surface area contributed by atoms with Gasteiger partial charge in [0.05, 0.1) is 0 Å². The molecule has 3 aromatic rings.